The number of carbonyl (C=O) groups is 1. The van der Waals surface area contributed by atoms with Crippen molar-refractivity contribution < 1.29 is 14.6 Å². The molecule has 0 aliphatic heterocycles. The van der Waals surface area contributed by atoms with Crippen LogP contribution in [0.25, 0.3) is 27.6 Å². The van der Waals surface area contributed by atoms with Crippen LogP contribution in [0.3, 0.4) is 0 Å². The number of aromatic nitrogens is 1. The van der Waals surface area contributed by atoms with Crippen LogP contribution in [-0.2, 0) is 15.6 Å². The normalized spacial score (nSPS) is 12.9. The molecule has 0 bridgehead atoms. The molecule has 0 fully saturated rings. The molecule has 1 aromatic heterocycles. The van der Waals surface area contributed by atoms with Gasteiger partial charge in [-0.25, -0.2) is 4.79 Å². The number of hydrogen-bond donors (Lipinski definition) is 2. The number of allylic oxidation sites excluding steroid dienone is 1. The van der Waals surface area contributed by atoms with Crippen molar-refractivity contribution in [1.82, 2.24) is 4.98 Å². The fraction of sp³-hybridized carbons (Fsp3) is 0.433. The van der Waals surface area contributed by atoms with E-state index in [9.17, 15) is 9.90 Å². The lowest BCUT2D eigenvalue weighted by atomic mass is 9.78. The van der Waals surface area contributed by atoms with Crippen molar-refractivity contribution in [3.8, 4) is 16.9 Å². The molecule has 34 heavy (non-hydrogen) atoms. The van der Waals surface area contributed by atoms with Gasteiger partial charge in [0.1, 0.15) is 5.75 Å². The van der Waals surface area contributed by atoms with Crippen LogP contribution in [0.1, 0.15) is 84.9 Å². The Balaban J connectivity index is 2.33. The number of aliphatic carboxylic acids is 1. The zero-order valence-electron chi connectivity index (χ0n) is 21.9. The van der Waals surface area contributed by atoms with Crippen molar-refractivity contribution >= 4 is 22.4 Å². The molecular formula is C30H39NO3. The van der Waals surface area contributed by atoms with E-state index in [0.29, 0.717) is 6.61 Å². The van der Waals surface area contributed by atoms with Crippen LogP contribution in [0.15, 0.2) is 42.6 Å². The first kappa shape index (κ1) is 25.6. The average Bonchev–Trinajstić information content (AvgIpc) is 3.14. The van der Waals surface area contributed by atoms with Gasteiger partial charge in [0.05, 0.1) is 6.61 Å². The van der Waals surface area contributed by atoms with Gasteiger partial charge >= 0.3 is 5.97 Å². The number of carboxylic acid groups (broad SMARTS) is 1. The van der Waals surface area contributed by atoms with Crippen LogP contribution >= 0.6 is 0 Å². The molecule has 0 aliphatic rings. The van der Waals surface area contributed by atoms with E-state index in [1.807, 2.05) is 25.3 Å². The molecule has 0 atom stereocenters. The molecule has 0 radical (unpaired) electrons. The topological polar surface area (TPSA) is 62.3 Å². The minimum atomic E-state index is -0.939. The van der Waals surface area contributed by atoms with Crippen LogP contribution in [0.5, 0.6) is 5.75 Å². The van der Waals surface area contributed by atoms with Crippen LogP contribution < -0.4 is 4.74 Å². The highest BCUT2D eigenvalue weighted by atomic mass is 16.5. The van der Waals surface area contributed by atoms with E-state index in [-0.39, 0.29) is 10.8 Å². The Labute approximate surface area is 204 Å². The molecular weight excluding hydrogens is 422 g/mol. The van der Waals surface area contributed by atoms with Gasteiger partial charge < -0.3 is 14.8 Å². The first-order chi connectivity index (χ1) is 15.8. The maximum Gasteiger partial charge on any atom is 0.328 e. The lowest BCUT2D eigenvalue weighted by Crippen LogP contribution is -2.18. The van der Waals surface area contributed by atoms with Crippen molar-refractivity contribution in [2.24, 2.45) is 0 Å². The number of hydrogen-bond acceptors (Lipinski definition) is 2. The lowest BCUT2D eigenvalue weighted by Gasteiger charge is -2.29. The summed E-state index contributed by atoms with van der Waals surface area (Å²) in [5.74, 6) is 0.00394. The highest BCUT2D eigenvalue weighted by Gasteiger charge is 2.27. The molecule has 0 saturated heterocycles. The van der Waals surface area contributed by atoms with E-state index >= 15 is 0 Å². The Morgan fingerprint density at radius 1 is 1.03 bits per heavy atom. The van der Waals surface area contributed by atoms with Crippen LogP contribution in [0.2, 0.25) is 0 Å². The largest absolute Gasteiger partial charge is 0.493 e. The zero-order valence-corrected chi connectivity index (χ0v) is 21.9. The van der Waals surface area contributed by atoms with Crippen molar-refractivity contribution in [2.45, 2.75) is 79.1 Å². The van der Waals surface area contributed by atoms with Crippen LogP contribution in [0, 0.1) is 0 Å². The molecule has 0 amide bonds. The van der Waals surface area contributed by atoms with Crippen LogP contribution in [0.4, 0.5) is 0 Å². The predicted molar refractivity (Wildman–Crippen MR) is 143 cm³/mol. The third-order valence-corrected chi connectivity index (χ3v) is 6.27. The molecule has 4 nitrogen and oxygen atoms in total. The predicted octanol–water partition coefficient (Wildman–Crippen LogP) is 8.10. The van der Waals surface area contributed by atoms with Crippen molar-refractivity contribution in [1.29, 1.82) is 0 Å². The number of nitrogens with one attached hydrogen (secondary N) is 1. The maximum absolute atomic E-state index is 11.2. The summed E-state index contributed by atoms with van der Waals surface area (Å²) < 4.78 is 6.50. The first-order valence-corrected chi connectivity index (χ1v) is 12.2. The van der Waals surface area contributed by atoms with E-state index in [4.69, 9.17) is 4.74 Å². The molecule has 2 N–H and O–H groups in total. The molecule has 0 saturated carbocycles. The highest BCUT2D eigenvalue weighted by molar-refractivity contribution is 6.00. The SMILES string of the molecule is CCCCOc1c(-c2c[nH]c3ccc(C(C)=CC(=O)O)cc23)cc(C(C)(C)C)cc1C(C)(C)C. The number of fused-ring (bicyclic) bond motifs is 1. The summed E-state index contributed by atoms with van der Waals surface area (Å²) >= 11 is 0. The van der Waals surface area contributed by atoms with Gasteiger partial charge in [-0.15, -0.1) is 0 Å². The van der Waals surface area contributed by atoms with E-state index < -0.39 is 5.97 Å². The summed E-state index contributed by atoms with van der Waals surface area (Å²) in [6.07, 6.45) is 5.38. The summed E-state index contributed by atoms with van der Waals surface area (Å²) in [7, 11) is 0. The minimum Gasteiger partial charge on any atom is -0.493 e. The van der Waals surface area contributed by atoms with Crippen molar-refractivity contribution in [2.75, 3.05) is 6.61 Å². The second-order valence-corrected chi connectivity index (χ2v) is 11.2. The smallest absolute Gasteiger partial charge is 0.328 e. The number of aromatic amines is 1. The summed E-state index contributed by atoms with van der Waals surface area (Å²) in [4.78, 5) is 14.6. The molecule has 0 unspecified atom stereocenters. The van der Waals surface area contributed by atoms with Gasteiger partial charge in [-0.3, -0.25) is 0 Å². The summed E-state index contributed by atoms with van der Waals surface area (Å²) in [5.41, 5.74) is 7.15. The molecule has 0 aliphatic carbocycles. The second kappa shape index (κ2) is 9.69. The summed E-state index contributed by atoms with van der Waals surface area (Å²) in [5, 5.41) is 10.3. The van der Waals surface area contributed by atoms with Gasteiger partial charge in [0, 0.05) is 39.9 Å². The Morgan fingerprint density at radius 3 is 2.32 bits per heavy atom. The van der Waals surface area contributed by atoms with Crippen LogP contribution in [-0.4, -0.2) is 22.7 Å². The maximum atomic E-state index is 11.2. The molecule has 4 heteroatoms. The lowest BCUT2D eigenvalue weighted by molar-refractivity contribution is -0.131. The first-order valence-electron chi connectivity index (χ1n) is 12.2. The minimum absolute atomic E-state index is 0.0191. The van der Waals surface area contributed by atoms with Gasteiger partial charge in [0.2, 0.25) is 0 Å². The van der Waals surface area contributed by atoms with Gasteiger partial charge in [-0.2, -0.15) is 0 Å². The number of unbranched alkanes of at least 4 members (excludes halogenated alkanes) is 1. The van der Waals surface area contributed by atoms with Crippen molar-refractivity contribution in [3.05, 3.63) is 59.3 Å². The van der Waals surface area contributed by atoms with E-state index in [1.54, 1.807) is 0 Å². The fourth-order valence-electron chi connectivity index (χ4n) is 4.15. The third-order valence-electron chi connectivity index (χ3n) is 6.27. The Kier molecular flexibility index (Phi) is 7.30. The fourth-order valence-corrected chi connectivity index (χ4v) is 4.15. The van der Waals surface area contributed by atoms with Gasteiger partial charge in [0.15, 0.2) is 0 Å². The van der Waals surface area contributed by atoms with E-state index in [2.05, 4.69) is 71.6 Å². The number of rotatable bonds is 7. The monoisotopic (exact) mass is 461 g/mol. The Bertz CT molecular complexity index is 1220. The van der Waals surface area contributed by atoms with E-state index in [0.717, 1.165) is 51.8 Å². The second-order valence-electron chi connectivity index (χ2n) is 11.2. The quantitative estimate of drug-likeness (QED) is 0.276. The zero-order chi connectivity index (χ0) is 25.3. The summed E-state index contributed by atoms with van der Waals surface area (Å²) in [6.45, 7) is 18.1. The van der Waals surface area contributed by atoms with Gasteiger partial charge in [-0.1, -0.05) is 67.0 Å². The van der Waals surface area contributed by atoms with Gasteiger partial charge in [0.25, 0.3) is 0 Å². The standard InChI is InChI=1S/C30H39NO3/c1-9-10-13-34-28-23(16-21(29(3,4)5)17-25(28)30(6,7)8)24-18-31-26-12-11-20(15-22(24)26)19(2)14-27(32)33/h11-12,14-18,31H,9-10,13H2,1-8H3,(H,32,33). The number of H-pyrrole nitrogens is 1. The van der Waals surface area contributed by atoms with Gasteiger partial charge in [-0.05, 0) is 59.1 Å². The Hall–Kier alpha value is -3.01. The van der Waals surface area contributed by atoms with E-state index in [1.165, 1.54) is 17.2 Å². The third kappa shape index (κ3) is 5.55. The molecule has 3 aromatic rings. The average molecular weight is 462 g/mol. The molecule has 0 spiro atoms. The number of benzene rings is 2. The highest BCUT2D eigenvalue weighted by Crippen LogP contribution is 2.45. The Morgan fingerprint density at radius 2 is 1.74 bits per heavy atom. The number of carboxylic acids is 1. The molecule has 1 heterocycles. The molecule has 2 aromatic carbocycles. The number of ether oxygens (including phenoxy) is 1. The molecule has 3 rings (SSSR count). The van der Waals surface area contributed by atoms with Crippen molar-refractivity contribution in [3.63, 3.8) is 0 Å². The molecule has 182 valence electrons. The summed E-state index contributed by atoms with van der Waals surface area (Å²) in [6, 6.07) is 10.6.